The van der Waals surface area contributed by atoms with Gasteiger partial charge in [-0.2, -0.15) is 0 Å². The number of rotatable bonds is 4. The maximum absolute atomic E-state index is 12.4. The third-order valence-corrected chi connectivity index (χ3v) is 4.17. The zero-order valence-electron chi connectivity index (χ0n) is 19.8. The molecule has 0 spiro atoms. The predicted molar refractivity (Wildman–Crippen MR) is 117 cm³/mol. The molecule has 0 aliphatic heterocycles. The molecule has 1 aliphatic carbocycles. The quantitative estimate of drug-likeness (QED) is 0.657. The Labute approximate surface area is 177 Å². The minimum atomic E-state index is -0.441. The Kier molecular flexibility index (Phi) is 8.75. The summed E-state index contributed by atoms with van der Waals surface area (Å²) in [7, 11) is 0. The second-order valence-electron chi connectivity index (χ2n) is 11.1. The van der Waals surface area contributed by atoms with E-state index < -0.39 is 12.2 Å². The van der Waals surface area contributed by atoms with Gasteiger partial charge in [0.1, 0.15) is 6.10 Å². The van der Waals surface area contributed by atoms with Crippen LogP contribution in [-0.2, 0) is 14.3 Å². The average molecular weight is 411 g/mol. The number of alkyl carbamates (subject to hydrolysis) is 1. The molecule has 2 N–H and O–H groups in total. The van der Waals surface area contributed by atoms with Crippen LogP contribution in [0.1, 0.15) is 88.0 Å². The highest BCUT2D eigenvalue weighted by Gasteiger charge is 2.28. The van der Waals surface area contributed by atoms with Crippen LogP contribution in [0, 0.1) is 5.92 Å². The standard InChI is InChI=1S/C23H42N2O4/c1-21(2,3)24-19(26)14-16-10-12-17(28-20(27)25-22(4,5)6)15-18(13-11-16)29-23(7,8)9/h10,12,16-18H,11,13-15H2,1-9H3,(H,24,26)(H,25,27)/b12-10+. The van der Waals surface area contributed by atoms with E-state index in [1.807, 2.05) is 74.5 Å². The molecule has 0 radical (unpaired) electrons. The molecule has 0 bridgehead atoms. The molecule has 29 heavy (non-hydrogen) atoms. The minimum Gasteiger partial charge on any atom is -0.442 e. The van der Waals surface area contributed by atoms with Gasteiger partial charge >= 0.3 is 6.09 Å². The van der Waals surface area contributed by atoms with Gasteiger partial charge < -0.3 is 20.1 Å². The van der Waals surface area contributed by atoms with Crippen molar-refractivity contribution in [1.82, 2.24) is 10.6 Å². The highest BCUT2D eigenvalue weighted by Crippen LogP contribution is 2.27. The molecule has 1 rings (SSSR count). The van der Waals surface area contributed by atoms with Gasteiger partial charge in [-0.1, -0.05) is 6.08 Å². The van der Waals surface area contributed by atoms with Crippen LogP contribution >= 0.6 is 0 Å². The Morgan fingerprint density at radius 2 is 1.48 bits per heavy atom. The number of hydrogen-bond donors (Lipinski definition) is 2. The number of ether oxygens (including phenoxy) is 2. The molecule has 6 nitrogen and oxygen atoms in total. The second kappa shape index (κ2) is 9.96. The van der Waals surface area contributed by atoms with Gasteiger partial charge in [0.15, 0.2) is 0 Å². The minimum absolute atomic E-state index is 0.0314. The topological polar surface area (TPSA) is 76.7 Å². The lowest BCUT2D eigenvalue weighted by Crippen LogP contribution is -2.43. The maximum atomic E-state index is 12.4. The molecule has 6 heteroatoms. The summed E-state index contributed by atoms with van der Waals surface area (Å²) in [6, 6.07) is 0. The van der Waals surface area contributed by atoms with E-state index in [0.29, 0.717) is 12.8 Å². The molecule has 1 aliphatic rings. The number of carbonyl (C=O) groups is 2. The lowest BCUT2D eigenvalue weighted by Gasteiger charge is -2.32. The van der Waals surface area contributed by atoms with E-state index in [1.165, 1.54) is 0 Å². The van der Waals surface area contributed by atoms with Crippen LogP contribution < -0.4 is 10.6 Å². The van der Waals surface area contributed by atoms with Crippen LogP contribution in [0.4, 0.5) is 4.79 Å². The zero-order valence-corrected chi connectivity index (χ0v) is 19.8. The molecule has 0 heterocycles. The number of allylic oxidation sites excluding steroid dienone is 1. The molecule has 0 aromatic carbocycles. The first-order chi connectivity index (χ1) is 13.0. The van der Waals surface area contributed by atoms with Crippen molar-refractivity contribution >= 4 is 12.0 Å². The van der Waals surface area contributed by atoms with Gasteiger partial charge in [-0.25, -0.2) is 4.79 Å². The molecule has 3 unspecified atom stereocenters. The molecule has 168 valence electrons. The van der Waals surface area contributed by atoms with Crippen molar-refractivity contribution in [2.45, 2.75) is 117 Å². The Morgan fingerprint density at radius 1 is 0.897 bits per heavy atom. The Balaban J connectivity index is 2.88. The van der Waals surface area contributed by atoms with Gasteiger partial charge in [0, 0.05) is 23.9 Å². The van der Waals surface area contributed by atoms with Gasteiger partial charge in [-0.3, -0.25) is 4.79 Å². The van der Waals surface area contributed by atoms with Crippen LogP contribution in [0.25, 0.3) is 0 Å². The summed E-state index contributed by atoms with van der Waals surface area (Å²) in [6.45, 7) is 17.7. The molecule has 2 amide bonds. The van der Waals surface area contributed by atoms with Gasteiger partial charge in [0.25, 0.3) is 0 Å². The molecule has 0 aromatic rings. The third-order valence-electron chi connectivity index (χ3n) is 4.17. The lowest BCUT2D eigenvalue weighted by atomic mass is 9.90. The van der Waals surface area contributed by atoms with Crippen molar-refractivity contribution in [3.63, 3.8) is 0 Å². The van der Waals surface area contributed by atoms with Crippen molar-refractivity contribution in [3.05, 3.63) is 12.2 Å². The fourth-order valence-corrected chi connectivity index (χ4v) is 3.28. The number of amides is 2. The Hall–Kier alpha value is -1.56. The summed E-state index contributed by atoms with van der Waals surface area (Å²) in [5.74, 6) is 0.115. The highest BCUT2D eigenvalue weighted by atomic mass is 16.6. The molecular weight excluding hydrogens is 368 g/mol. The first-order valence-electron chi connectivity index (χ1n) is 10.7. The first-order valence-corrected chi connectivity index (χ1v) is 10.7. The fraction of sp³-hybridized carbons (Fsp3) is 0.826. The average Bonchev–Trinajstić information content (AvgIpc) is 2.42. The van der Waals surface area contributed by atoms with E-state index in [1.54, 1.807) is 0 Å². The van der Waals surface area contributed by atoms with Gasteiger partial charge in [-0.15, -0.1) is 0 Å². The summed E-state index contributed by atoms with van der Waals surface area (Å²) in [5.41, 5.74) is -0.904. The van der Waals surface area contributed by atoms with Crippen molar-refractivity contribution in [3.8, 4) is 0 Å². The van der Waals surface area contributed by atoms with E-state index in [0.717, 1.165) is 12.8 Å². The molecule has 0 aromatic heterocycles. The van der Waals surface area contributed by atoms with Crippen molar-refractivity contribution < 1.29 is 19.1 Å². The molecule has 3 atom stereocenters. The molecule has 0 saturated heterocycles. The number of nitrogens with one attached hydrogen (secondary N) is 2. The Bertz CT molecular complexity index is 579. The highest BCUT2D eigenvalue weighted by molar-refractivity contribution is 5.77. The van der Waals surface area contributed by atoms with Crippen LogP contribution in [0.3, 0.4) is 0 Å². The molecular formula is C23H42N2O4. The second-order valence-corrected chi connectivity index (χ2v) is 11.1. The summed E-state index contributed by atoms with van der Waals surface area (Å²) >= 11 is 0. The maximum Gasteiger partial charge on any atom is 0.408 e. The number of hydrogen-bond acceptors (Lipinski definition) is 4. The largest absolute Gasteiger partial charge is 0.442 e. The zero-order chi connectivity index (χ0) is 22.5. The van der Waals surface area contributed by atoms with E-state index >= 15 is 0 Å². The predicted octanol–water partition coefficient (Wildman–Crippen LogP) is 4.72. The van der Waals surface area contributed by atoms with E-state index in [-0.39, 0.29) is 34.6 Å². The van der Waals surface area contributed by atoms with Crippen molar-refractivity contribution in [2.24, 2.45) is 5.92 Å². The Morgan fingerprint density at radius 3 is 2.00 bits per heavy atom. The first kappa shape index (κ1) is 25.5. The summed E-state index contributed by atoms with van der Waals surface area (Å²) < 4.78 is 11.9. The number of carbonyl (C=O) groups excluding carboxylic acids is 2. The van der Waals surface area contributed by atoms with Crippen molar-refractivity contribution in [1.29, 1.82) is 0 Å². The van der Waals surface area contributed by atoms with Crippen LogP contribution in [0.2, 0.25) is 0 Å². The van der Waals surface area contributed by atoms with E-state index in [2.05, 4.69) is 10.6 Å². The van der Waals surface area contributed by atoms with Gasteiger partial charge in [0.2, 0.25) is 5.91 Å². The third kappa shape index (κ3) is 12.6. The van der Waals surface area contributed by atoms with Crippen LogP contribution in [-0.4, -0.2) is 40.9 Å². The van der Waals surface area contributed by atoms with E-state index in [9.17, 15) is 9.59 Å². The van der Waals surface area contributed by atoms with Crippen molar-refractivity contribution in [2.75, 3.05) is 0 Å². The normalized spacial score (nSPS) is 24.8. The smallest absolute Gasteiger partial charge is 0.408 e. The fourth-order valence-electron chi connectivity index (χ4n) is 3.28. The monoisotopic (exact) mass is 410 g/mol. The van der Waals surface area contributed by atoms with Crippen LogP contribution in [0.5, 0.6) is 0 Å². The van der Waals surface area contributed by atoms with E-state index in [4.69, 9.17) is 9.47 Å². The summed E-state index contributed by atoms with van der Waals surface area (Å²) in [6.07, 6.45) is 5.75. The molecule has 0 fully saturated rings. The van der Waals surface area contributed by atoms with Gasteiger partial charge in [0.05, 0.1) is 11.7 Å². The summed E-state index contributed by atoms with van der Waals surface area (Å²) in [5, 5.41) is 5.86. The SMILES string of the molecule is CC(C)(C)NC(=O)CC1/C=C/C(OC(=O)NC(C)(C)C)CC(OC(C)(C)C)CC1. The van der Waals surface area contributed by atoms with Gasteiger partial charge in [-0.05, 0) is 87.1 Å². The molecule has 0 saturated carbocycles. The summed E-state index contributed by atoms with van der Waals surface area (Å²) in [4.78, 5) is 24.6. The lowest BCUT2D eigenvalue weighted by molar-refractivity contribution is -0.123. The van der Waals surface area contributed by atoms with Crippen LogP contribution in [0.15, 0.2) is 12.2 Å².